The van der Waals surface area contributed by atoms with Crippen molar-refractivity contribution in [1.82, 2.24) is 15.3 Å². The molecule has 7 heteroatoms. The molecule has 0 saturated carbocycles. The molecule has 3 aromatic carbocycles. The highest BCUT2D eigenvalue weighted by atomic mass is 16.2. The first kappa shape index (κ1) is 19.1. The molecular weight excluding hydrogens is 378 g/mol. The average molecular weight is 397 g/mol. The molecule has 1 aromatic heterocycles. The summed E-state index contributed by atoms with van der Waals surface area (Å²) in [5.74, 6) is -0.548. The van der Waals surface area contributed by atoms with Crippen LogP contribution in [0.15, 0.2) is 79.0 Å². The van der Waals surface area contributed by atoms with Crippen LogP contribution in [-0.4, -0.2) is 21.9 Å². The maximum Gasteiger partial charge on any atom is 0.319 e. The molecule has 0 atom stereocenters. The van der Waals surface area contributed by atoms with E-state index >= 15 is 0 Å². The van der Waals surface area contributed by atoms with Crippen molar-refractivity contribution in [3.63, 3.8) is 0 Å². The van der Waals surface area contributed by atoms with Crippen molar-refractivity contribution in [3.05, 3.63) is 90.1 Å². The summed E-state index contributed by atoms with van der Waals surface area (Å²) in [5, 5.41) is 5.61. The number of hydrogen-bond acceptors (Lipinski definition) is 4. The zero-order valence-electron chi connectivity index (χ0n) is 16.0. The Kier molecular flexibility index (Phi) is 5.34. The fourth-order valence-corrected chi connectivity index (χ4v) is 3.05. The molecule has 4 aromatic rings. The Morgan fingerprint density at radius 2 is 1.67 bits per heavy atom. The number of rotatable bonds is 5. The molecule has 1 heterocycles. The number of benzene rings is 3. The minimum Gasteiger partial charge on any atom is -0.366 e. The number of primary amides is 1. The van der Waals surface area contributed by atoms with Gasteiger partial charge in [0.25, 0.3) is 5.91 Å². The number of nitrogens with zero attached hydrogens (tertiary/aromatic N) is 2. The van der Waals surface area contributed by atoms with E-state index in [0.717, 1.165) is 11.1 Å². The number of amides is 3. The Bertz CT molecular complexity index is 1210. The van der Waals surface area contributed by atoms with E-state index in [1.165, 1.54) is 0 Å². The number of hydrogen-bond donors (Lipinski definition) is 3. The van der Waals surface area contributed by atoms with E-state index in [0.29, 0.717) is 34.5 Å². The van der Waals surface area contributed by atoms with Crippen molar-refractivity contribution < 1.29 is 9.59 Å². The molecule has 4 N–H and O–H groups in total. The van der Waals surface area contributed by atoms with Gasteiger partial charge in [0.1, 0.15) is 5.52 Å². The van der Waals surface area contributed by atoms with Crippen LogP contribution >= 0.6 is 0 Å². The maximum atomic E-state index is 12.1. The third-order valence-electron chi connectivity index (χ3n) is 4.57. The lowest BCUT2D eigenvalue weighted by atomic mass is 10.1. The number of carbonyl (C=O) groups excluding carboxylic acids is 2. The number of para-hydroxylation sites is 1. The van der Waals surface area contributed by atoms with Crippen LogP contribution in [0.4, 0.5) is 10.5 Å². The summed E-state index contributed by atoms with van der Waals surface area (Å²) in [6.45, 7) is 0.444. The van der Waals surface area contributed by atoms with Gasteiger partial charge < -0.3 is 16.4 Å². The minimum atomic E-state index is -0.548. The van der Waals surface area contributed by atoms with Crippen molar-refractivity contribution in [3.8, 4) is 11.3 Å². The highest BCUT2D eigenvalue weighted by Gasteiger charge is 2.10. The number of aromatic nitrogens is 2. The molecule has 0 unspecified atom stereocenters. The molecule has 0 saturated heterocycles. The Morgan fingerprint density at radius 1 is 0.900 bits per heavy atom. The molecule has 0 fully saturated rings. The van der Waals surface area contributed by atoms with Crippen molar-refractivity contribution in [2.45, 2.75) is 6.54 Å². The van der Waals surface area contributed by atoms with E-state index < -0.39 is 5.91 Å². The van der Waals surface area contributed by atoms with Crippen LogP contribution in [0.2, 0.25) is 0 Å². The number of anilines is 1. The molecule has 148 valence electrons. The second-order valence-corrected chi connectivity index (χ2v) is 6.66. The molecule has 0 spiro atoms. The van der Waals surface area contributed by atoms with Gasteiger partial charge in [-0.25, -0.2) is 9.78 Å². The standard InChI is InChI=1S/C23H19N5O2/c24-22(29)18-7-4-8-19-21(18)28-20(14-25-19)16-9-11-17(12-10-16)27-23(30)26-13-15-5-2-1-3-6-15/h1-12,14H,13H2,(H2,24,29)(H2,26,27,30). The van der Waals surface area contributed by atoms with E-state index in [1.807, 2.05) is 42.5 Å². The molecule has 0 aliphatic heterocycles. The van der Waals surface area contributed by atoms with Gasteiger partial charge in [0.05, 0.1) is 23.0 Å². The predicted octanol–water partition coefficient (Wildman–Crippen LogP) is 3.72. The van der Waals surface area contributed by atoms with Crippen LogP contribution in [0.5, 0.6) is 0 Å². The number of nitrogens with two attached hydrogens (primary N) is 1. The summed E-state index contributed by atoms with van der Waals surface area (Å²) in [6, 6.07) is 21.7. The van der Waals surface area contributed by atoms with Gasteiger partial charge in [-0.15, -0.1) is 0 Å². The lowest BCUT2D eigenvalue weighted by Gasteiger charge is -2.09. The number of nitrogens with one attached hydrogen (secondary N) is 2. The van der Waals surface area contributed by atoms with Gasteiger partial charge in [-0.3, -0.25) is 9.78 Å². The fraction of sp³-hybridized carbons (Fsp3) is 0.0435. The van der Waals surface area contributed by atoms with Gasteiger partial charge in [0.15, 0.2) is 0 Å². The topological polar surface area (TPSA) is 110 Å². The highest BCUT2D eigenvalue weighted by Crippen LogP contribution is 2.22. The summed E-state index contributed by atoms with van der Waals surface area (Å²) in [4.78, 5) is 32.7. The summed E-state index contributed by atoms with van der Waals surface area (Å²) in [6.07, 6.45) is 1.64. The Labute approximate surface area is 173 Å². The summed E-state index contributed by atoms with van der Waals surface area (Å²) in [5.41, 5.74) is 9.92. The normalized spacial score (nSPS) is 10.5. The van der Waals surface area contributed by atoms with Crippen molar-refractivity contribution in [2.75, 3.05) is 5.32 Å². The molecule has 7 nitrogen and oxygen atoms in total. The van der Waals surface area contributed by atoms with E-state index in [9.17, 15) is 9.59 Å². The minimum absolute atomic E-state index is 0.289. The number of urea groups is 1. The van der Waals surface area contributed by atoms with Crippen molar-refractivity contribution in [2.24, 2.45) is 5.73 Å². The van der Waals surface area contributed by atoms with E-state index in [2.05, 4.69) is 20.6 Å². The van der Waals surface area contributed by atoms with Crippen LogP contribution in [0.3, 0.4) is 0 Å². The van der Waals surface area contributed by atoms with Gasteiger partial charge in [-0.05, 0) is 29.8 Å². The molecule has 30 heavy (non-hydrogen) atoms. The Balaban J connectivity index is 1.47. The van der Waals surface area contributed by atoms with Gasteiger partial charge in [0.2, 0.25) is 0 Å². The molecule has 0 bridgehead atoms. The third kappa shape index (κ3) is 4.25. The monoisotopic (exact) mass is 397 g/mol. The van der Waals surface area contributed by atoms with E-state index in [-0.39, 0.29) is 6.03 Å². The quantitative estimate of drug-likeness (QED) is 0.477. The largest absolute Gasteiger partial charge is 0.366 e. The lowest BCUT2D eigenvalue weighted by Crippen LogP contribution is -2.28. The first-order valence-electron chi connectivity index (χ1n) is 9.35. The van der Waals surface area contributed by atoms with Gasteiger partial charge >= 0.3 is 6.03 Å². The first-order valence-corrected chi connectivity index (χ1v) is 9.35. The fourth-order valence-electron chi connectivity index (χ4n) is 3.05. The Morgan fingerprint density at radius 3 is 2.40 bits per heavy atom. The number of fused-ring (bicyclic) bond motifs is 1. The molecule has 0 aliphatic rings. The van der Waals surface area contributed by atoms with Crippen molar-refractivity contribution >= 4 is 28.7 Å². The highest BCUT2D eigenvalue weighted by molar-refractivity contribution is 6.04. The van der Waals surface area contributed by atoms with Gasteiger partial charge in [-0.2, -0.15) is 0 Å². The van der Waals surface area contributed by atoms with Crippen LogP contribution < -0.4 is 16.4 Å². The average Bonchev–Trinajstić information content (AvgIpc) is 2.78. The van der Waals surface area contributed by atoms with Crippen LogP contribution in [0, 0.1) is 0 Å². The van der Waals surface area contributed by atoms with Crippen LogP contribution in [-0.2, 0) is 6.54 Å². The second-order valence-electron chi connectivity index (χ2n) is 6.66. The molecule has 0 aliphatic carbocycles. The number of carbonyl (C=O) groups is 2. The lowest BCUT2D eigenvalue weighted by molar-refractivity contribution is 0.100. The molecule has 3 amide bonds. The van der Waals surface area contributed by atoms with Gasteiger partial charge in [-0.1, -0.05) is 48.5 Å². The smallest absolute Gasteiger partial charge is 0.319 e. The van der Waals surface area contributed by atoms with E-state index in [1.54, 1.807) is 36.5 Å². The summed E-state index contributed by atoms with van der Waals surface area (Å²) < 4.78 is 0. The Hall–Kier alpha value is -4.26. The SMILES string of the molecule is NC(=O)c1cccc2ncc(-c3ccc(NC(=O)NCc4ccccc4)cc3)nc12. The van der Waals surface area contributed by atoms with Crippen LogP contribution in [0.1, 0.15) is 15.9 Å². The second kappa shape index (κ2) is 8.40. The maximum absolute atomic E-state index is 12.1. The summed E-state index contributed by atoms with van der Waals surface area (Å²) >= 11 is 0. The zero-order valence-corrected chi connectivity index (χ0v) is 16.0. The van der Waals surface area contributed by atoms with Gasteiger partial charge in [0, 0.05) is 17.8 Å². The zero-order chi connectivity index (χ0) is 20.9. The predicted molar refractivity (Wildman–Crippen MR) is 116 cm³/mol. The molecule has 4 rings (SSSR count). The molecular formula is C23H19N5O2. The third-order valence-corrected chi connectivity index (χ3v) is 4.57. The van der Waals surface area contributed by atoms with Crippen molar-refractivity contribution in [1.29, 1.82) is 0 Å². The first-order chi connectivity index (χ1) is 14.6. The van der Waals surface area contributed by atoms with E-state index in [4.69, 9.17) is 5.73 Å². The molecule has 0 radical (unpaired) electrons. The summed E-state index contributed by atoms with van der Waals surface area (Å²) in [7, 11) is 0. The van der Waals surface area contributed by atoms with Crippen LogP contribution in [0.25, 0.3) is 22.3 Å².